The quantitative estimate of drug-likeness (QED) is 0.668. The molecule has 0 saturated heterocycles. The van der Waals surface area contributed by atoms with Gasteiger partial charge in [0.15, 0.2) is 0 Å². The molecular formula is C20H28ClNSSi. The van der Waals surface area contributed by atoms with Gasteiger partial charge in [-0.05, 0) is 40.1 Å². The fourth-order valence-electron chi connectivity index (χ4n) is 4.05. The molecular weight excluding hydrogens is 350 g/mol. The first-order chi connectivity index (χ1) is 11.6. The van der Waals surface area contributed by atoms with Crippen LogP contribution in [0.1, 0.15) is 42.3 Å². The maximum absolute atomic E-state index is 6.49. The van der Waals surface area contributed by atoms with Gasteiger partial charge in [-0.3, -0.25) is 0 Å². The molecule has 1 aliphatic rings. The number of hydrogen-bond acceptors (Lipinski definition) is 2. The summed E-state index contributed by atoms with van der Waals surface area (Å²) in [5.74, 6) is 0. The first-order valence-corrected chi connectivity index (χ1v) is 13.0. The van der Waals surface area contributed by atoms with E-state index in [4.69, 9.17) is 11.6 Å². The van der Waals surface area contributed by atoms with Gasteiger partial charge in [-0.25, -0.2) is 0 Å². The Bertz CT molecular complexity index is 697. The van der Waals surface area contributed by atoms with Crippen LogP contribution in [0.3, 0.4) is 0 Å². The van der Waals surface area contributed by atoms with Crippen LogP contribution >= 0.6 is 22.9 Å². The minimum Gasteiger partial charge on any atom is -0.312 e. The van der Waals surface area contributed by atoms with E-state index >= 15 is 0 Å². The van der Waals surface area contributed by atoms with Crippen LogP contribution in [-0.2, 0) is 19.4 Å². The molecule has 3 rings (SSSR count). The summed E-state index contributed by atoms with van der Waals surface area (Å²) in [5.41, 5.74) is 4.48. The minimum absolute atomic E-state index is 0.906. The first kappa shape index (κ1) is 18.2. The van der Waals surface area contributed by atoms with E-state index in [0.29, 0.717) is 0 Å². The molecule has 24 heavy (non-hydrogen) atoms. The molecule has 130 valence electrons. The van der Waals surface area contributed by atoms with E-state index in [2.05, 4.69) is 49.6 Å². The Labute approximate surface area is 156 Å². The topological polar surface area (TPSA) is 12.0 Å². The zero-order valence-electron chi connectivity index (χ0n) is 15.0. The van der Waals surface area contributed by atoms with Crippen molar-refractivity contribution in [1.29, 1.82) is 0 Å². The fraction of sp³-hybridized carbons (Fsp3) is 0.500. The summed E-state index contributed by atoms with van der Waals surface area (Å²) in [5, 5.41) is 4.50. The molecule has 0 radical (unpaired) electrons. The average Bonchev–Trinajstić information content (AvgIpc) is 2.98. The molecule has 1 aromatic heterocycles. The third-order valence-electron chi connectivity index (χ3n) is 5.87. The lowest BCUT2D eigenvalue weighted by atomic mass is 10.00. The van der Waals surface area contributed by atoms with E-state index in [9.17, 15) is 0 Å². The summed E-state index contributed by atoms with van der Waals surface area (Å²) >= 11 is 8.64. The molecule has 1 nitrogen and oxygen atoms in total. The van der Waals surface area contributed by atoms with Crippen LogP contribution < -0.4 is 9.82 Å². The van der Waals surface area contributed by atoms with Crippen molar-refractivity contribution in [3.05, 3.63) is 50.9 Å². The number of benzene rings is 1. The molecule has 2 aromatic rings. The van der Waals surface area contributed by atoms with E-state index in [0.717, 1.165) is 24.5 Å². The van der Waals surface area contributed by atoms with Crippen LogP contribution in [0.25, 0.3) is 0 Å². The third kappa shape index (κ3) is 3.24. The van der Waals surface area contributed by atoms with Gasteiger partial charge < -0.3 is 5.32 Å². The van der Waals surface area contributed by atoms with E-state index in [-0.39, 0.29) is 0 Å². The van der Waals surface area contributed by atoms with Crippen molar-refractivity contribution >= 4 is 35.5 Å². The monoisotopic (exact) mass is 377 g/mol. The van der Waals surface area contributed by atoms with Gasteiger partial charge in [-0.2, -0.15) is 0 Å². The standard InChI is InChI=1S/C20H28ClNSSi/c1-4-24(5-2,6-3)20-16(13-15-9-7-8-10-18(15)21)17-14-22-12-11-19(17)23-20/h7-10,22H,4-6,11-14H2,1-3H3. The molecule has 0 amide bonds. The van der Waals surface area contributed by atoms with Gasteiger partial charge in [-0.1, -0.05) is 68.7 Å². The molecule has 4 heteroatoms. The van der Waals surface area contributed by atoms with Crippen LogP contribution in [0.5, 0.6) is 0 Å². The lowest BCUT2D eigenvalue weighted by Gasteiger charge is -2.29. The summed E-state index contributed by atoms with van der Waals surface area (Å²) in [7, 11) is -1.38. The van der Waals surface area contributed by atoms with Crippen molar-refractivity contribution in [2.75, 3.05) is 6.54 Å². The Kier molecular flexibility index (Phi) is 5.86. The van der Waals surface area contributed by atoms with Gasteiger partial charge in [0.2, 0.25) is 0 Å². The second kappa shape index (κ2) is 7.73. The summed E-state index contributed by atoms with van der Waals surface area (Å²) < 4.78 is 1.77. The predicted molar refractivity (Wildman–Crippen MR) is 111 cm³/mol. The van der Waals surface area contributed by atoms with Gasteiger partial charge >= 0.3 is 0 Å². The van der Waals surface area contributed by atoms with Gasteiger partial charge in [0.25, 0.3) is 0 Å². The maximum Gasteiger partial charge on any atom is 0.0991 e. The number of thiophene rings is 1. The number of rotatable bonds is 6. The molecule has 0 bridgehead atoms. The Morgan fingerprint density at radius 1 is 1.12 bits per heavy atom. The Morgan fingerprint density at radius 3 is 2.50 bits per heavy atom. The number of fused-ring (bicyclic) bond motifs is 1. The third-order valence-corrected chi connectivity index (χ3v) is 14.3. The van der Waals surface area contributed by atoms with Gasteiger partial charge in [0.1, 0.15) is 0 Å². The van der Waals surface area contributed by atoms with Crippen LogP contribution in [0, 0.1) is 0 Å². The minimum atomic E-state index is -1.38. The summed E-state index contributed by atoms with van der Waals surface area (Å²) in [6, 6.07) is 12.4. The predicted octanol–water partition coefficient (Wildman–Crippen LogP) is 5.35. The van der Waals surface area contributed by atoms with Crippen molar-refractivity contribution in [3.63, 3.8) is 0 Å². The summed E-state index contributed by atoms with van der Waals surface area (Å²) in [6.45, 7) is 9.39. The summed E-state index contributed by atoms with van der Waals surface area (Å²) in [4.78, 5) is 1.64. The van der Waals surface area contributed by atoms with Crippen molar-refractivity contribution < 1.29 is 0 Å². The fourth-order valence-corrected chi connectivity index (χ4v) is 11.2. The molecule has 1 N–H and O–H groups in total. The zero-order chi connectivity index (χ0) is 17.2. The lowest BCUT2D eigenvalue weighted by molar-refractivity contribution is 0.649. The maximum atomic E-state index is 6.49. The second-order valence-corrected chi connectivity index (χ2v) is 13.9. The average molecular weight is 378 g/mol. The second-order valence-electron chi connectivity index (χ2n) is 6.85. The SMILES string of the molecule is CC[Si](CC)(CC)c1sc2c(c1Cc1ccccc1Cl)CNCC2. The van der Waals surface area contributed by atoms with Crippen molar-refractivity contribution in [2.45, 2.75) is 58.3 Å². The molecule has 0 spiro atoms. The molecule has 1 aromatic carbocycles. The highest BCUT2D eigenvalue weighted by atomic mass is 35.5. The normalized spacial score (nSPS) is 14.7. The lowest BCUT2D eigenvalue weighted by Crippen LogP contribution is -2.46. The molecule has 0 atom stereocenters. The highest BCUT2D eigenvalue weighted by molar-refractivity contribution is 7.27. The van der Waals surface area contributed by atoms with Crippen LogP contribution in [0.2, 0.25) is 23.2 Å². The van der Waals surface area contributed by atoms with Gasteiger partial charge in [0.05, 0.1) is 8.07 Å². The van der Waals surface area contributed by atoms with Crippen LogP contribution in [-0.4, -0.2) is 14.6 Å². The summed E-state index contributed by atoms with van der Waals surface area (Å²) in [6.07, 6.45) is 2.19. The highest BCUT2D eigenvalue weighted by Crippen LogP contribution is 2.33. The number of nitrogens with one attached hydrogen (secondary N) is 1. The zero-order valence-corrected chi connectivity index (χ0v) is 17.6. The smallest absolute Gasteiger partial charge is 0.0991 e. The molecule has 2 heterocycles. The van der Waals surface area contributed by atoms with E-state index in [1.54, 1.807) is 20.5 Å². The first-order valence-electron chi connectivity index (χ1n) is 9.23. The molecule has 0 fully saturated rings. The van der Waals surface area contributed by atoms with E-state index in [1.165, 1.54) is 30.1 Å². The highest BCUT2D eigenvalue weighted by Gasteiger charge is 2.35. The largest absolute Gasteiger partial charge is 0.312 e. The van der Waals surface area contributed by atoms with E-state index < -0.39 is 8.07 Å². The molecule has 0 aliphatic carbocycles. The van der Waals surface area contributed by atoms with Crippen LogP contribution in [0.4, 0.5) is 0 Å². The Morgan fingerprint density at radius 2 is 1.83 bits per heavy atom. The molecule has 0 unspecified atom stereocenters. The van der Waals surface area contributed by atoms with Crippen molar-refractivity contribution in [3.8, 4) is 0 Å². The van der Waals surface area contributed by atoms with E-state index in [1.807, 2.05) is 12.1 Å². The number of halogens is 1. The van der Waals surface area contributed by atoms with Crippen molar-refractivity contribution in [2.24, 2.45) is 0 Å². The van der Waals surface area contributed by atoms with Crippen LogP contribution in [0.15, 0.2) is 24.3 Å². The van der Waals surface area contributed by atoms with Crippen molar-refractivity contribution in [1.82, 2.24) is 5.32 Å². The number of hydrogen-bond donors (Lipinski definition) is 1. The molecule has 1 aliphatic heterocycles. The molecule has 0 saturated carbocycles. The Hall–Kier alpha value is -0.613. The van der Waals surface area contributed by atoms with Gasteiger partial charge in [-0.15, -0.1) is 11.3 Å². The Balaban J connectivity index is 2.12. The van der Waals surface area contributed by atoms with Gasteiger partial charge in [0, 0.05) is 23.0 Å².